The van der Waals surface area contributed by atoms with E-state index in [2.05, 4.69) is 10.0 Å². The summed E-state index contributed by atoms with van der Waals surface area (Å²) in [6.07, 6.45) is 1.59. The molecule has 4 nitrogen and oxygen atoms in total. The highest BCUT2D eigenvalue weighted by atomic mass is 32.2. The smallest absolute Gasteiger partial charge is 0.241 e. The van der Waals surface area contributed by atoms with E-state index in [0.717, 1.165) is 24.0 Å². The first-order valence-corrected chi connectivity index (χ1v) is 8.20. The third-order valence-electron chi connectivity index (χ3n) is 3.36. The van der Waals surface area contributed by atoms with Crippen LogP contribution in [0.25, 0.3) is 0 Å². The molecular formula is C14H24N2O2S. The number of rotatable bonds is 7. The van der Waals surface area contributed by atoms with Crippen molar-refractivity contribution in [3.8, 4) is 0 Å². The van der Waals surface area contributed by atoms with Gasteiger partial charge in [0.05, 0.1) is 4.90 Å². The molecule has 0 fully saturated rings. The van der Waals surface area contributed by atoms with E-state index in [0.29, 0.717) is 11.4 Å². The van der Waals surface area contributed by atoms with Gasteiger partial charge in [0.2, 0.25) is 10.0 Å². The summed E-state index contributed by atoms with van der Waals surface area (Å²) in [5, 5.41) is 3.05. The molecule has 0 aliphatic heterocycles. The zero-order valence-corrected chi connectivity index (χ0v) is 13.0. The normalized spacial score (nSPS) is 12.1. The molecule has 0 aliphatic rings. The van der Waals surface area contributed by atoms with Crippen molar-refractivity contribution >= 4 is 10.0 Å². The summed E-state index contributed by atoms with van der Waals surface area (Å²) < 4.78 is 27.6. The van der Waals surface area contributed by atoms with E-state index in [1.54, 1.807) is 12.1 Å². The van der Waals surface area contributed by atoms with Crippen LogP contribution in [0.4, 0.5) is 0 Å². The van der Waals surface area contributed by atoms with Crippen molar-refractivity contribution in [2.45, 2.75) is 51.1 Å². The van der Waals surface area contributed by atoms with Crippen LogP contribution in [-0.4, -0.2) is 21.5 Å². The highest BCUT2D eigenvalue weighted by molar-refractivity contribution is 7.89. The molecule has 1 aromatic rings. The Morgan fingerprint density at radius 1 is 1.21 bits per heavy atom. The Kier molecular flexibility index (Phi) is 5.97. The van der Waals surface area contributed by atoms with Crippen molar-refractivity contribution in [2.24, 2.45) is 0 Å². The van der Waals surface area contributed by atoms with Crippen LogP contribution in [0.5, 0.6) is 0 Å². The van der Waals surface area contributed by atoms with Crippen molar-refractivity contribution < 1.29 is 8.42 Å². The fourth-order valence-electron chi connectivity index (χ4n) is 2.07. The molecule has 108 valence electrons. The Balaban J connectivity index is 3.11. The standard InChI is InChI=1S/C14H24N2O2S/c1-5-13(6-2)16-19(17,18)14-9-7-8-12(10-15-4)11(14)3/h7-9,13,15-16H,5-6,10H2,1-4H3. The molecule has 0 saturated carbocycles. The van der Waals surface area contributed by atoms with Crippen molar-refractivity contribution in [3.05, 3.63) is 29.3 Å². The molecule has 1 aromatic carbocycles. The number of nitrogens with one attached hydrogen (secondary N) is 2. The van der Waals surface area contributed by atoms with Crippen molar-refractivity contribution in [2.75, 3.05) is 7.05 Å². The molecule has 0 saturated heterocycles. The topological polar surface area (TPSA) is 58.2 Å². The maximum absolute atomic E-state index is 12.4. The Morgan fingerprint density at radius 3 is 2.37 bits per heavy atom. The second-order valence-corrected chi connectivity index (χ2v) is 6.39. The van der Waals surface area contributed by atoms with E-state index in [4.69, 9.17) is 0 Å². The molecule has 5 heteroatoms. The lowest BCUT2D eigenvalue weighted by atomic mass is 10.1. The average Bonchev–Trinajstić information content (AvgIpc) is 2.38. The van der Waals surface area contributed by atoms with Gasteiger partial charge in [0.25, 0.3) is 0 Å². The predicted molar refractivity (Wildman–Crippen MR) is 78.6 cm³/mol. The second kappa shape index (κ2) is 7.03. The van der Waals surface area contributed by atoms with Crippen LogP contribution in [0, 0.1) is 6.92 Å². The van der Waals surface area contributed by atoms with Gasteiger partial charge in [-0.25, -0.2) is 13.1 Å². The van der Waals surface area contributed by atoms with Crippen LogP contribution >= 0.6 is 0 Å². The van der Waals surface area contributed by atoms with Gasteiger partial charge in [-0.1, -0.05) is 26.0 Å². The summed E-state index contributed by atoms with van der Waals surface area (Å²) in [5.74, 6) is 0. The molecule has 2 N–H and O–H groups in total. The van der Waals surface area contributed by atoms with Gasteiger partial charge in [-0.2, -0.15) is 0 Å². The van der Waals surface area contributed by atoms with E-state index in [1.807, 2.05) is 33.9 Å². The monoisotopic (exact) mass is 284 g/mol. The summed E-state index contributed by atoms with van der Waals surface area (Å²) in [4.78, 5) is 0.382. The Morgan fingerprint density at radius 2 is 1.84 bits per heavy atom. The van der Waals surface area contributed by atoms with Gasteiger partial charge in [0.15, 0.2) is 0 Å². The number of hydrogen-bond acceptors (Lipinski definition) is 3. The number of benzene rings is 1. The zero-order valence-electron chi connectivity index (χ0n) is 12.2. The Labute approximate surface area is 116 Å². The lowest BCUT2D eigenvalue weighted by Gasteiger charge is -2.17. The summed E-state index contributed by atoms with van der Waals surface area (Å²) in [6.45, 7) is 6.50. The molecule has 0 bridgehead atoms. The zero-order chi connectivity index (χ0) is 14.5. The van der Waals surface area contributed by atoms with E-state index in [9.17, 15) is 8.42 Å². The molecule has 0 aliphatic carbocycles. The maximum atomic E-state index is 12.4. The molecule has 0 unspecified atom stereocenters. The first-order valence-electron chi connectivity index (χ1n) is 6.71. The van der Waals surface area contributed by atoms with Crippen molar-refractivity contribution in [1.29, 1.82) is 0 Å². The van der Waals surface area contributed by atoms with Crippen molar-refractivity contribution in [1.82, 2.24) is 10.0 Å². The van der Waals surface area contributed by atoms with E-state index < -0.39 is 10.0 Å². The average molecular weight is 284 g/mol. The van der Waals surface area contributed by atoms with Gasteiger partial charge < -0.3 is 5.32 Å². The third kappa shape index (κ3) is 4.03. The molecule has 0 aromatic heterocycles. The summed E-state index contributed by atoms with van der Waals surface area (Å²) in [5.41, 5.74) is 1.82. The van der Waals surface area contributed by atoms with E-state index in [1.165, 1.54) is 0 Å². The summed E-state index contributed by atoms with van der Waals surface area (Å²) in [6, 6.07) is 5.40. The second-order valence-electron chi connectivity index (χ2n) is 4.71. The molecule has 1 rings (SSSR count). The van der Waals surface area contributed by atoms with Gasteiger partial charge in [0.1, 0.15) is 0 Å². The molecule has 0 atom stereocenters. The third-order valence-corrected chi connectivity index (χ3v) is 5.03. The van der Waals surface area contributed by atoms with E-state index in [-0.39, 0.29) is 6.04 Å². The molecule has 0 amide bonds. The Bertz CT molecular complexity index is 508. The van der Waals surface area contributed by atoms with Crippen LogP contribution in [0.15, 0.2) is 23.1 Å². The molecule has 19 heavy (non-hydrogen) atoms. The maximum Gasteiger partial charge on any atom is 0.241 e. The number of hydrogen-bond donors (Lipinski definition) is 2. The lowest BCUT2D eigenvalue weighted by molar-refractivity contribution is 0.529. The minimum Gasteiger partial charge on any atom is -0.316 e. The van der Waals surface area contributed by atoms with Gasteiger partial charge >= 0.3 is 0 Å². The Hall–Kier alpha value is -0.910. The SMILES string of the molecule is CCC(CC)NS(=O)(=O)c1cccc(CNC)c1C. The molecule has 0 heterocycles. The van der Waals surface area contributed by atoms with Crippen molar-refractivity contribution in [3.63, 3.8) is 0 Å². The van der Waals surface area contributed by atoms with Gasteiger partial charge in [-0.3, -0.25) is 0 Å². The fourth-order valence-corrected chi connectivity index (χ4v) is 3.76. The largest absolute Gasteiger partial charge is 0.316 e. The first-order chi connectivity index (χ1) is 8.96. The molecular weight excluding hydrogens is 260 g/mol. The van der Waals surface area contributed by atoms with Crippen LogP contribution in [-0.2, 0) is 16.6 Å². The van der Waals surface area contributed by atoms with Gasteiger partial charge in [-0.15, -0.1) is 0 Å². The quantitative estimate of drug-likeness (QED) is 0.807. The summed E-state index contributed by atoms with van der Waals surface area (Å²) in [7, 11) is -1.58. The van der Waals surface area contributed by atoms with Crippen LogP contribution in [0.1, 0.15) is 37.8 Å². The van der Waals surface area contributed by atoms with Crippen LogP contribution in [0.2, 0.25) is 0 Å². The highest BCUT2D eigenvalue weighted by Crippen LogP contribution is 2.19. The minimum absolute atomic E-state index is 0.00245. The van der Waals surface area contributed by atoms with E-state index >= 15 is 0 Å². The summed E-state index contributed by atoms with van der Waals surface area (Å²) >= 11 is 0. The highest BCUT2D eigenvalue weighted by Gasteiger charge is 2.20. The lowest BCUT2D eigenvalue weighted by Crippen LogP contribution is -2.34. The van der Waals surface area contributed by atoms with Crippen LogP contribution in [0.3, 0.4) is 0 Å². The first kappa shape index (κ1) is 16.1. The number of sulfonamides is 1. The van der Waals surface area contributed by atoms with Gasteiger partial charge in [0, 0.05) is 12.6 Å². The van der Waals surface area contributed by atoms with Crippen LogP contribution < -0.4 is 10.0 Å². The minimum atomic E-state index is -3.43. The molecule has 0 radical (unpaired) electrons. The van der Waals surface area contributed by atoms with Gasteiger partial charge in [-0.05, 0) is 44.0 Å². The fraction of sp³-hybridized carbons (Fsp3) is 0.571. The molecule has 0 spiro atoms. The predicted octanol–water partition coefficient (Wildman–Crippen LogP) is 2.18.